The van der Waals surface area contributed by atoms with Crippen LogP contribution in [-0.2, 0) is 9.53 Å². The van der Waals surface area contributed by atoms with Crippen molar-refractivity contribution in [1.82, 2.24) is 5.32 Å². The van der Waals surface area contributed by atoms with Crippen LogP contribution in [-0.4, -0.2) is 74.8 Å². The number of hydrogen-bond donors (Lipinski definition) is 6. The van der Waals surface area contributed by atoms with Crippen molar-refractivity contribution < 1.29 is 35.1 Å². The first-order valence-corrected chi connectivity index (χ1v) is 6.53. The van der Waals surface area contributed by atoms with E-state index in [9.17, 15) is 25.2 Å². The summed E-state index contributed by atoms with van der Waals surface area (Å²) in [6.45, 7) is 2.38. The van der Waals surface area contributed by atoms with Crippen LogP contribution in [0.4, 0.5) is 0 Å². The van der Waals surface area contributed by atoms with Gasteiger partial charge in [-0.3, -0.25) is 10.1 Å². The molecule has 1 fully saturated rings. The third-order valence-electron chi connectivity index (χ3n) is 3.38. The standard InChI is InChI=1S/C12H23NO7/c1-6(2)3-7(11(18)19)13-12(5-15)10(17)9(16)8(4-14)20-12/h6-10,13-17H,3-5H2,1-2H3,(H,18,19)/t7?,8-,9-,10+,12?/m1/s1. The van der Waals surface area contributed by atoms with Crippen LogP contribution < -0.4 is 5.32 Å². The summed E-state index contributed by atoms with van der Waals surface area (Å²) >= 11 is 0. The molecule has 8 heteroatoms. The van der Waals surface area contributed by atoms with Crippen LogP contribution in [0.25, 0.3) is 0 Å². The van der Waals surface area contributed by atoms with Gasteiger partial charge in [-0.2, -0.15) is 0 Å². The van der Waals surface area contributed by atoms with Gasteiger partial charge in [0, 0.05) is 0 Å². The molecule has 0 radical (unpaired) electrons. The number of carboxylic acids is 1. The van der Waals surface area contributed by atoms with Crippen molar-refractivity contribution in [2.75, 3.05) is 13.2 Å². The zero-order chi connectivity index (χ0) is 15.5. The first kappa shape index (κ1) is 17.3. The molecule has 118 valence electrons. The number of aliphatic hydroxyl groups is 4. The topological polar surface area (TPSA) is 139 Å². The van der Waals surface area contributed by atoms with Gasteiger partial charge in [-0.1, -0.05) is 13.8 Å². The Morgan fingerprint density at radius 2 is 1.95 bits per heavy atom. The Balaban J connectivity index is 2.91. The molecule has 1 rings (SSSR count). The third kappa shape index (κ3) is 3.46. The fraction of sp³-hybridized carbons (Fsp3) is 0.917. The van der Waals surface area contributed by atoms with E-state index in [1.807, 2.05) is 13.8 Å². The number of aliphatic hydroxyl groups excluding tert-OH is 4. The van der Waals surface area contributed by atoms with Gasteiger partial charge in [0.1, 0.15) is 24.4 Å². The lowest BCUT2D eigenvalue weighted by atomic mass is 9.98. The van der Waals surface area contributed by atoms with Crippen molar-refractivity contribution in [3.8, 4) is 0 Å². The van der Waals surface area contributed by atoms with Crippen molar-refractivity contribution >= 4 is 5.97 Å². The lowest BCUT2D eigenvalue weighted by Gasteiger charge is -2.34. The lowest BCUT2D eigenvalue weighted by Crippen LogP contribution is -2.62. The summed E-state index contributed by atoms with van der Waals surface area (Å²) in [5, 5.41) is 49.9. The Bertz CT molecular complexity index is 338. The van der Waals surface area contributed by atoms with E-state index in [0.717, 1.165) is 0 Å². The smallest absolute Gasteiger partial charge is 0.320 e. The molecule has 2 unspecified atom stereocenters. The summed E-state index contributed by atoms with van der Waals surface area (Å²) in [6.07, 6.45) is -3.78. The van der Waals surface area contributed by atoms with Gasteiger partial charge in [-0.05, 0) is 12.3 Å². The van der Waals surface area contributed by atoms with E-state index < -0.39 is 49.3 Å². The van der Waals surface area contributed by atoms with Gasteiger partial charge in [0.25, 0.3) is 0 Å². The van der Waals surface area contributed by atoms with Crippen LogP contribution in [0, 0.1) is 5.92 Å². The number of hydrogen-bond acceptors (Lipinski definition) is 7. The second kappa shape index (κ2) is 6.79. The highest BCUT2D eigenvalue weighted by atomic mass is 16.6. The average Bonchev–Trinajstić information content (AvgIpc) is 2.62. The van der Waals surface area contributed by atoms with Gasteiger partial charge in [0.05, 0.1) is 13.2 Å². The predicted molar refractivity (Wildman–Crippen MR) is 67.8 cm³/mol. The van der Waals surface area contributed by atoms with Crippen molar-refractivity contribution in [3.63, 3.8) is 0 Å². The van der Waals surface area contributed by atoms with Crippen molar-refractivity contribution in [3.05, 3.63) is 0 Å². The van der Waals surface area contributed by atoms with Gasteiger partial charge < -0.3 is 30.3 Å². The third-order valence-corrected chi connectivity index (χ3v) is 3.38. The van der Waals surface area contributed by atoms with Crippen LogP contribution in [0.1, 0.15) is 20.3 Å². The first-order chi connectivity index (χ1) is 9.27. The molecule has 0 bridgehead atoms. The number of aliphatic carboxylic acids is 1. The minimum Gasteiger partial charge on any atom is -0.480 e. The highest BCUT2D eigenvalue weighted by molar-refractivity contribution is 5.73. The molecule has 1 aliphatic rings. The minimum absolute atomic E-state index is 0.0662. The number of rotatable bonds is 7. The Morgan fingerprint density at radius 1 is 1.35 bits per heavy atom. The Morgan fingerprint density at radius 3 is 2.30 bits per heavy atom. The Kier molecular flexibility index (Phi) is 5.87. The minimum atomic E-state index is -1.80. The first-order valence-electron chi connectivity index (χ1n) is 6.53. The van der Waals surface area contributed by atoms with Crippen molar-refractivity contribution in [2.45, 2.75) is 50.3 Å². The summed E-state index contributed by atoms with van der Waals surface area (Å²) < 4.78 is 5.26. The number of carbonyl (C=O) groups is 1. The SMILES string of the molecule is CC(C)CC(NC1(CO)O[C@H](CO)[C@@H](O)[C@@H]1O)C(=O)O. The summed E-state index contributed by atoms with van der Waals surface area (Å²) in [5.41, 5.74) is -1.80. The average molecular weight is 293 g/mol. The maximum absolute atomic E-state index is 11.2. The van der Waals surface area contributed by atoms with E-state index in [1.54, 1.807) is 0 Å². The van der Waals surface area contributed by atoms with Crippen LogP contribution in [0.3, 0.4) is 0 Å². The quantitative estimate of drug-likeness (QED) is 0.313. The Hall–Kier alpha value is -0.770. The van der Waals surface area contributed by atoms with Crippen LogP contribution in [0.5, 0.6) is 0 Å². The maximum atomic E-state index is 11.2. The highest BCUT2D eigenvalue weighted by Gasteiger charge is 2.55. The zero-order valence-corrected chi connectivity index (χ0v) is 11.6. The van der Waals surface area contributed by atoms with E-state index in [-0.39, 0.29) is 12.3 Å². The molecule has 0 aromatic carbocycles. The second-order valence-corrected chi connectivity index (χ2v) is 5.49. The zero-order valence-electron chi connectivity index (χ0n) is 11.6. The molecule has 0 spiro atoms. The summed E-state index contributed by atoms with van der Waals surface area (Å²) in [6, 6.07) is -1.05. The molecule has 20 heavy (non-hydrogen) atoms. The fourth-order valence-electron chi connectivity index (χ4n) is 2.32. The van der Waals surface area contributed by atoms with E-state index in [1.165, 1.54) is 0 Å². The van der Waals surface area contributed by atoms with Gasteiger partial charge >= 0.3 is 5.97 Å². The van der Waals surface area contributed by atoms with E-state index in [4.69, 9.17) is 9.84 Å². The van der Waals surface area contributed by atoms with Crippen LogP contribution in [0.2, 0.25) is 0 Å². The van der Waals surface area contributed by atoms with Gasteiger partial charge in [-0.25, -0.2) is 0 Å². The van der Waals surface area contributed by atoms with Crippen molar-refractivity contribution in [1.29, 1.82) is 0 Å². The molecule has 0 amide bonds. The molecular weight excluding hydrogens is 270 g/mol. The molecule has 1 heterocycles. The van der Waals surface area contributed by atoms with Gasteiger partial charge in [-0.15, -0.1) is 0 Å². The molecule has 6 N–H and O–H groups in total. The fourth-order valence-corrected chi connectivity index (χ4v) is 2.32. The molecule has 0 aromatic heterocycles. The van der Waals surface area contributed by atoms with Crippen LogP contribution in [0.15, 0.2) is 0 Å². The molecule has 1 saturated heterocycles. The molecule has 8 nitrogen and oxygen atoms in total. The predicted octanol–water partition coefficient (Wildman–Crippen LogP) is -2.12. The van der Waals surface area contributed by atoms with Gasteiger partial charge in [0.15, 0.2) is 5.72 Å². The molecule has 0 aromatic rings. The molecular formula is C12H23NO7. The molecule has 5 atom stereocenters. The van der Waals surface area contributed by atoms with E-state index in [2.05, 4.69) is 5.32 Å². The largest absolute Gasteiger partial charge is 0.480 e. The highest BCUT2D eigenvalue weighted by Crippen LogP contribution is 2.30. The Labute approximate surface area is 117 Å². The normalized spacial score (nSPS) is 35.5. The van der Waals surface area contributed by atoms with Gasteiger partial charge in [0.2, 0.25) is 0 Å². The van der Waals surface area contributed by atoms with Crippen LogP contribution >= 0.6 is 0 Å². The van der Waals surface area contributed by atoms with Crippen molar-refractivity contribution in [2.24, 2.45) is 5.92 Å². The molecule has 0 aliphatic carbocycles. The van der Waals surface area contributed by atoms with E-state index >= 15 is 0 Å². The number of carboxylic acid groups (broad SMARTS) is 1. The summed E-state index contributed by atoms with van der Waals surface area (Å²) in [5.74, 6) is -1.08. The molecule has 1 aliphatic heterocycles. The lowest BCUT2D eigenvalue weighted by molar-refractivity contribution is -0.159. The maximum Gasteiger partial charge on any atom is 0.320 e. The monoisotopic (exact) mass is 293 g/mol. The number of ether oxygens (including phenoxy) is 1. The number of nitrogens with one attached hydrogen (secondary N) is 1. The molecule has 0 saturated carbocycles. The summed E-state index contributed by atoms with van der Waals surface area (Å²) in [4.78, 5) is 11.2. The second-order valence-electron chi connectivity index (χ2n) is 5.49. The van der Waals surface area contributed by atoms with E-state index in [0.29, 0.717) is 0 Å². The summed E-state index contributed by atoms with van der Waals surface area (Å²) in [7, 11) is 0.